The first-order chi connectivity index (χ1) is 9.75. The van der Waals surface area contributed by atoms with Gasteiger partial charge in [0.15, 0.2) is 5.13 Å². The summed E-state index contributed by atoms with van der Waals surface area (Å²) in [6.45, 7) is 2.42. The van der Waals surface area contributed by atoms with E-state index < -0.39 is 0 Å². The second-order valence-electron chi connectivity index (χ2n) is 4.34. The van der Waals surface area contributed by atoms with Crippen LogP contribution in [-0.4, -0.2) is 14.3 Å². The van der Waals surface area contributed by atoms with Crippen LogP contribution >= 0.6 is 11.3 Å². The first-order valence-corrected chi connectivity index (χ1v) is 7.12. The van der Waals surface area contributed by atoms with Crippen LogP contribution in [0, 0.1) is 6.92 Å². The van der Waals surface area contributed by atoms with Crippen LogP contribution in [0.4, 0.5) is 5.13 Å². The van der Waals surface area contributed by atoms with Crippen molar-refractivity contribution in [2.45, 2.75) is 13.6 Å². The maximum Gasteiger partial charge on any atom is 0.271 e. The lowest BCUT2D eigenvalue weighted by atomic mass is 10.3. The monoisotopic (exact) mass is 286 g/mol. The second kappa shape index (κ2) is 5.34. The fourth-order valence-electron chi connectivity index (χ4n) is 2.08. The third-order valence-corrected chi connectivity index (χ3v) is 3.73. The van der Waals surface area contributed by atoms with E-state index in [4.69, 9.17) is 0 Å². The smallest absolute Gasteiger partial charge is 0.271 e. The van der Waals surface area contributed by atoms with Crippen molar-refractivity contribution < 1.29 is 0 Å². The van der Waals surface area contributed by atoms with E-state index in [1.54, 1.807) is 16.9 Å². The minimum atomic E-state index is -0.0327. The van der Waals surface area contributed by atoms with Crippen LogP contribution in [0.1, 0.15) is 5.69 Å². The van der Waals surface area contributed by atoms with Crippen LogP contribution in [0.25, 0.3) is 5.69 Å². The molecular formula is C14H14N4OS. The molecule has 102 valence electrons. The molecule has 0 atom stereocenters. The van der Waals surface area contributed by atoms with Gasteiger partial charge in [0, 0.05) is 23.3 Å². The van der Waals surface area contributed by atoms with Crippen LogP contribution < -0.4 is 10.9 Å². The van der Waals surface area contributed by atoms with Crippen molar-refractivity contribution in [3.8, 4) is 5.69 Å². The van der Waals surface area contributed by atoms with Gasteiger partial charge in [-0.2, -0.15) is 0 Å². The van der Waals surface area contributed by atoms with Crippen molar-refractivity contribution >= 4 is 16.5 Å². The molecule has 3 rings (SSSR count). The molecule has 0 bridgehead atoms. The van der Waals surface area contributed by atoms with E-state index in [2.05, 4.69) is 10.3 Å². The van der Waals surface area contributed by atoms with E-state index in [-0.39, 0.29) is 5.56 Å². The van der Waals surface area contributed by atoms with E-state index in [9.17, 15) is 4.79 Å². The molecule has 1 aromatic carbocycles. The Hall–Kier alpha value is -2.34. The molecule has 20 heavy (non-hydrogen) atoms. The zero-order chi connectivity index (χ0) is 13.9. The van der Waals surface area contributed by atoms with E-state index in [0.717, 1.165) is 16.5 Å². The zero-order valence-corrected chi connectivity index (χ0v) is 11.8. The van der Waals surface area contributed by atoms with E-state index in [1.165, 1.54) is 11.3 Å². The van der Waals surface area contributed by atoms with Crippen molar-refractivity contribution in [3.63, 3.8) is 0 Å². The molecular weight excluding hydrogens is 272 g/mol. The zero-order valence-electron chi connectivity index (χ0n) is 11.0. The van der Waals surface area contributed by atoms with Crippen molar-refractivity contribution in [2.24, 2.45) is 0 Å². The van der Waals surface area contributed by atoms with Gasteiger partial charge in [-0.3, -0.25) is 9.48 Å². The van der Waals surface area contributed by atoms with Crippen molar-refractivity contribution in [3.05, 3.63) is 64.0 Å². The Bertz CT molecular complexity index is 743. The Labute approximate surface area is 120 Å². The third kappa shape index (κ3) is 2.37. The number of para-hydroxylation sites is 1. The predicted molar refractivity (Wildman–Crippen MR) is 80.5 cm³/mol. The number of hydrogen-bond acceptors (Lipinski definition) is 4. The Morgan fingerprint density at radius 3 is 2.80 bits per heavy atom. The summed E-state index contributed by atoms with van der Waals surface area (Å²) < 4.78 is 3.56. The summed E-state index contributed by atoms with van der Waals surface area (Å²) in [7, 11) is 0. The highest BCUT2D eigenvalue weighted by molar-refractivity contribution is 7.13. The van der Waals surface area contributed by atoms with Gasteiger partial charge in [0.05, 0.1) is 5.69 Å². The molecule has 3 aromatic rings. The molecule has 0 amide bonds. The van der Waals surface area contributed by atoms with E-state index in [1.807, 2.05) is 47.3 Å². The highest BCUT2D eigenvalue weighted by Crippen LogP contribution is 2.12. The maximum atomic E-state index is 12.1. The minimum Gasteiger partial charge on any atom is -0.342 e. The topological polar surface area (TPSA) is 51.9 Å². The number of hydrogen-bond donors (Lipinski definition) is 1. The number of benzene rings is 1. The Morgan fingerprint density at radius 1 is 1.30 bits per heavy atom. The number of aromatic nitrogens is 3. The standard InChI is InChI=1S/C14H14N4OS/c1-11-9-13(19)18(12-5-3-2-4-6-12)17(11)10-16-14-15-7-8-20-14/h2-9H,10H2,1H3,(H,15,16). The van der Waals surface area contributed by atoms with Crippen LogP contribution in [-0.2, 0) is 6.67 Å². The summed E-state index contributed by atoms with van der Waals surface area (Å²) in [6.07, 6.45) is 1.75. The van der Waals surface area contributed by atoms with E-state index >= 15 is 0 Å². The Balaban J connectivity index is 1.96. The van der Waals surface area contributed by atoms with Crippen molar-refractivity contribution in [2.75, 3.05) is 5.32 Å². The van der Waals surface area contributed by atoms with Gasteiger partial charge in [-0.05, 0) is 19.1 Å². The van der Waals surface area contributed by atoms with Gasteiger partial charge in [-0.25, -0.2) is 9.67 Å². The second-order valence-corrected chi connectivity index (χ2v) is 5.24. The summed E-state index contributed by atoms with van der Waals surface area (Å²) in [5.41, 5.74) is 1.73. The highest BCUT2D eigenvalue weighted by Gasteiger charge is 2.09. The Kier molecular flexibility index (Phi) is 3.39. The van der Waals surface area contributed by atoms with Crippen molar-refractivity contribution in [1.29, 1.82) is 0 Å². The van der Waals surface area contributed by atoms with Gasteiger partial charge in [-0.1, -0.05) is 18.2 Å². The molecule has 0 radical (unpaired) electrons. The molecule has 0 fully saturated rings. The van der Waals surface area contributed by atoms with Gasteiger partial charge in [0.2, 0.25) is 0 Å². The molecule has 0 unspecified atom stereocenters. The summed E-state index contributed by atoms with van der Waals surface area (Å²) in [6, 6.07) is 11.2. The molecule has 1 N–H and O–H groups in total. The molecule has 0 aliphatic rings. The van der Waals surface area contributed by atoms with Gasteiger partial charge < -0.3 is 5.32 Å². The van der Waals surface area contributed by atoms with Gasteiger partial charge in [0.25, 0.3) is 5.56 Å². The number of thiazole rings is 1. The molecule has 5 nitrogen and oxygen atoms in total. The third-order valence-electron chi connectivity index (χ3n) is 3.00. The molecule has 2 heterocycles. The molecule has 0 aliphatic heterocycles. The lowest BCUT2D eigenvalue weighted by molar-refractivity contribution is 0.567. The fourth-order valence-corrected chi connectivity index (χ4v) is 2.60. The predicted octanol–water partition coefficient (Wildman–Crippen LogP) is 2.47. The Morgan fingerprint density at radius 2 is 2.10 bits per heavy atom. The first-order valence-electron chi connectivity index (χ1n) is 6.24. The quantitative estimate of drug-likeness (QED) is 0.801. The summed E-state index contributed by atoms with van der Waals surface area (Å²) in [4.78, 5) is 16.3. The number of nitrogens with one attached hydrogen (secondary N) is 1. The number of aryl methyl sites for hydroxylation is 1. The van der Waals surface area contributed by atoms with Crippen LogP contribution in [0.2, 0.25) is 0 Å². The molecule has 0 spiro atoms. The normalized spacial score (nSPS) is 10.7. The molecule has 0 aliphatic carbocycles. The highest BCUT2D eigenvalue weighted by atomic mass is 32.1. The number of rotatable bonds is 4. The summed E-state index contributed by atoms with van der Waals surface area (Å²) in [5, 5.41) is 5.97. The van der Waals surface area contributed by atoms with Crippen LogP contribution in [0.3, 0.4) is 0 Å². The van der Waals surface area contributed by atoms with Crippen LogP contribution in [0.5, 0.6) is 0 Å². The average molecular weight is 286 g/mol. The fraction of sp³-hybridized carbons (Fsp3) is 0.143. The number of anilines is 1. The average Bonchev–Trinajstić information content (AvgIpc) is 3.05. The lowest BCUT2D eigenvalue weighted by Gasteiger charge is -2.14. The SMILES string of the molecule is Cc1cc(=O)n(-c2ccccc2)n1CNc1nccs1. The van der Waals surface area contributed by atoms with Crippen molar-refractivity contribution in [1.82, 2.24) is 14.3 Å². The largest absolute Gasteiger partial charge is 0.342 e. The summed E-state index contributed by atoms with van der Waals surface area (Å²) in [5.74, 6) is 0. The minimum absolute atomic E-state index is 0.0327. The molecule has 2 aromatic heterocycles. The lowest BCUT2D eigenvalue weighted by Crippen LogP contribution is -2.24. The first kappa shape index (κ1) is 12.7. The van der Waals surface area contributed by atoms with Gasteiger partial charge >= 0.3 is 0 Å². The number of nitrogens with zero attached hydrogens (tertiary/aromatic N) is 3. The molecule has 0 saturated carbocycles. The van der Waals surface area contributed by atoms with Gasteiger partial charge in [-0.15, -0.1) is 11.3 Å². The maximum absolute atomic E-state index is 12.1. The molecule has 0 saturated heterocycles. The van der Waals surface area contributed by atoms with E-state index in [0.29, 0.717) is 6.67 Å². The van der Waals surface area contributed by atoms with Gasteiger partial charge in [0.1, 0.15) is 6.67 Å². The molecule has 6 heteroatoms. The summed E-state index contributed by atoms with van der Waals surface area (Å²) >= 11 is 1.53. The van der Waals surface area contributed by atoms with Crippen LogP contribution in [0.15, 0.2) is 52.8 Å².